The maximum atomic E-state index is 12.2. The Balaban J connectivity index is 1.91. The number of hydrogen-bond acceptors (Lipinski definition) is 5. The van der Waals surface area contributed by atoms with Crippen molar-refractivity contribution in [2.75, 3.05) is 19.4 Å². The minimum Gasteiger partial charge on any atom is -0.452 e. The van der Waals surface area contributed by atoms with Gasteiger partial charge >= 0.3 is 5.97 Å². The van der Waals surface area contributed by atoms with E-state index in [-0.39, 0.29) is 16.4 Å². The maximum Gasteiger partial charge on any atom is 0.338 e. The zero-order valence-electron chi connectivity index (χ0n) is 15.6. The fourth-order valence-electron chi connectivity index (χ4n) is 2.48. The van der Waals surface area contributed by atoms with Gasteiger partial charge in [-0.25, -0.2) is 13.2 Å². The lowest BCUT2D eigenvalue weighted by Gasteiger charge is -2.13. The second-order valence-electron chi connectivity index (χ2n) is 6.44. The Morgan fingerprint density at radius 2 is 1.78 bits per heavy atom. The van der Waals surface area contributed by atoms with Crippen molar-refractivity contribution in [2.45, 2.75) is 24.7 Å². The van der Waals surface area contributed by atoms with Crippen molar-refractivity contribution < 1.29 is 22.7 Å². The molecule has 0 heterocycles. The normalized spacial score (nSPS) is 12.3. The molecule has 0 fully saturated rings. The Morgan fingerprint density at radius 1 is 1.11 bits per heavy atom. The quantitative estimate of drug-likeness (QED) is 0.735. The smallest absolute Gasteiger partial charge is 0.338 e. The lowest BCUT2D eigenvalue weighted by Crippen LogP contribution is -2.31. The molecule has 0 aromatic heterocycles. The molecule has 0 aliphatic rings. The van der Waals surface area contributed by atoms with Crippen LogP contribution in [0.4, 0.5) is 0 Å². The molecule has 0 bridgehead atoms. The van der Waals surface area contributed by atoms with Crippen molar-refractivity contribution in [2.24, 2.45) is 0 Å². The molecule has 1 amide bonds. The second kappa shape index (κ2) is 8.81. The van der Waals surface area contributed by atoms with Crippen LogP contribution in [-0.2, 0) is 19.4 Å². The molecule has 0 radical (unpaired) electrons. The lowest BCUT2D eigenvalue weighted by atomic mass is 10.0. The number of rotatable bonds is 7. The summed E-state index contributed by atoms with van der Waals surface area (Å²) in [7, 11) is -3.44. The number of amides is 1. The Kier molecular flexibility index (Phi) is 6.74. The predicted octanol–water partition coefficient (Wildman–Crippen LogP) is 2.48. The van der Waals surface area contributed by atoms with E-state index in [4.69, 9.17) is 4.74 Å². The first kappa shape index (κ1) is 20.6. The molecular weight excluding hydrogens is 366 g/mol. The van der Waals surface area contributed by atoms with E-state index in [0.29, 0.717) is 12.1 Å². The van der Waals surface area contributed by atoms with Crippen molar-refractivity contribution >= 4 is 21.7 Å². The first-order chi connectivity index (χ1) is 12.7. The van der Waals surface area contributed by atoms with Crippen LogP contribution in [0.1, 0.15) is 34.3 Å². The molecule has 0 aliphatic carbocycles. The molecule has 0 aliphatic heterocycles. The zero-order valence-corrected chi connectivity index (χ0v) is 16.4. The summed E-state index contributed by atoms with van der Waals surface area (Å²) in [5.41, 5.74) is 1.80. The number of esters is 1. The van der Waals surface area contributed by atoms with Gasteiger partial charge in [0.25, 0.3) is 5.91 Å². The summed E-state index contributed by atoms with van der Waals surface area (Å²) in [6.45, 7) is 3.65. The van der Waals surface area contributed by atoms with Gasteiger partial charge in [-0.3, -0.25) is 4.79 Å². The topological polar surface area (TPSA) is 89.5 Å². The first-order valence-corrected chi connectivity index (χ1v) is 10.4. The van der Waals surface area contributed by atoms with Gasteiger partial charge in [-0.1, -0.05) is 43.3 Å². The van der Waals surface area contributed by atoms with Gasteiger partial charge in [-0.15, -0.1) is 0 Å². The van der Waals surface area contributed by atoms with Crippen LogP contribution < -0.4 is 5.32 Å². The SMILES string of the molecule is Cc1ccc(S(C)(=O)=O)cc1C(=O)OCC(=O)NCC(C)c1ccccc1. The molecule has 7 heteroatoms. The summed E-state index contributed by atoms with van der Waals surface area (Å²) >= 11 is 0. The molecule has 1 N–H and O–H groups in total. The van der Waals surface area contributed by atoms with E-state index in [1.807, 2.05) is 37.3 Å². The molecule has 2 aromatic carbocycles. The molecule has 6 nitrogen and oxygen atoms in total. The molecule has 27 heavy (non-hydrogen) atoms. The summed E-state index contributed by atoms with van der Waals surface area (Å²) in [5.74, 6) is -1.02. The third kappa shape index (κ3) is 5.92. The standard InChI is InChI=1S/C20H23NO5S/c1-14-9-10-17(27(3,24)25)11-18(14)20(23)26-13-19(22)21-12-15(2)16-7-5-4-6-8-16/h4-11,15H,12-13H2,1-3H3,(H,21,22). The van der Waals surface area contributed by atoms with Crippen molar-refractivity contribution in [3.8, 4) is 0 Å². The summed E-state index contributed by atoms with van der Waals surface area (Å²) in [6, 6.07) is 14.0. The molecule has 1 atom stereocenters. The van der Waals surface area contributed by atoms with Crippen LogP contribution >= 0.6 is 0 Å². The third-order valence-corrected chi connectivity index (χ3v) is 5.28. The number of carbonyl (C=O) groups excluding carboxylic acids is 2. The fraction of sp³-hybridized carbons (Fsp3) is 0.300. The second-order valence-corrected chi connectivity index (χ2v) is 8.46. The molecule has 0 spiro atoms. The molecule has 0 saturated heterocycles. The number of carbonyl (C=O) groups is 2. The fourth-order valence-corrected chi connectivity index (χ4v) is 3.13. The highest BCUT2D eigenvalue weighted by Crippen LogP contribution is 2.17. The number of benzene rings is 2. The Bertz CT molecular complexity index is 923. The zero-order chi connectivity index (χ0) is 20.0. The highest BCUT2D eigenvalue weighted by Gasteiger charge is 2.17. The lowest BCUT2D eigenvalue weighted by molar-refractivity contribution is -0.124. The Labute approximate surface area is 159 Å². The van der Waals surface area contributed by atoms with Crippen molar-refractivity contribution in [1.29, 1.82) is 0 Å². The number of aryl methyl sites for hydroxylation is 1. The molecule has 1 unspecified atom stereocenters. The molecule has 2 aromatic rings. The highest BCUT2D eigenvalue weighted by atomic mass is 32.2. The van der Waals surface area contributed by atoms with E-state index in [0.717, 1.165) is 11.8 Å². The number of sulfone groups is 1. The van der Waals surface area contributed by atoms with Gasteiger partial charge in [0.15, 0.2) is 16.4 Å². The van der Waals surface area contributed by atoms with Gasteiger partial charge in [0.1, 0.15) is 0 Å². The molecule has 2 rings (SSSR count). The van der Waals surface area contributed by atoms with Crippen LogP contribution in [0.2, 0.25) is 0 Å². The highest BCUT2D eigenvalue weighted by molar-refractivity contribution is 7.90. The summed E-state index contributed by atoms with van der Waals surface area (Å²) < 4.78 is 28.3. The Morgan fingerprint density at radius 3 is 2.41 bits per heavy atom. The Hall–Kier alpha value is -2.67. The van der Waals surface area contributed by atoms with Crippen LogP contribution in [0.25, 0.3) is 0 Å². The average molecular weight is 389 g/mol. The van der Waals surface area contributed by atoms with Gasteiger partial charge in [-0.05, 0) is 36.1 Å². The van der Waals surface area contributed by atoms with Gasteiger partial charge in [-0.2, -0.15) is 0 Å². The summed E-state index contributed by atoms with van der Waals surface area (Å²) in [4.78, 5) is 24.2. The van der Waals surface area contributed by atoms with E-state index < -0.39 is 28.3 Å². The van der Waals surface area contributed by atoms with E-state index in [1.165, 1.54) is 18.2 Å². The predicted molar refractivity (Wildman–Crippen MR) is 102 cm³/mol. The number of ether oxygens (including phenoxy) is 1. The summed E-state index contributed by atoms with van der Waals surface area (Å²) in [5, 5.41) is 2.73. The van der Waals surface area contributed by atoms with E-state index >= 15 is 0 Å². The van der Waals surface area contributed by atoms with Crippen molar-refractivity contribution in [3.05, 3.63) is 65.2 Å². The molecule has 0 saturated carbocycles. The van der Waals surface area contributed by atoms with E-state index in [9.17, 15) is 18.0 Å². The van der Waals surface area contributed by atoms with Crippen LogP contribution in [0.5, 0.6) is 0 Å². The van der Waals surface area contributed by atoms with Gasteiger partial charge in [0.2, 0.25) is 0 Å². The first-order valence-electron chi connectivity index (χ1n) is 8.48. The van der Waals surface area contributed by atoms with Crippen molar-refractivity contribution in [1.82, 2.24) is 5.32 Å². The van der Waals surface area contributed by atoms with E-state index in [1.54, 1.807) is 6.92 Å². The van der Waals surface area contributed by atoms with Crippen LogP contribution in [-0.4, -0.2) is 39.7 Å². The van der Waals surface area contributed by atoms with Crippen LogP contribution in [0.3, 0.4) is 0 Å². The van der Waals surface area contributed by atoms with Gasteiger partial charge < -0.3 is 10.1 Å². The van der Waals surface area contributed by atoms with Crippen LogP contribution in [0, 0.1) is 6.92 Å². The minimum absolute atomic E-state index is 0.0289. The van der Waals surface area contributed by atoms with Crippen molar-refractivity contribution in [3.63, 3.8) is 0 Å². The third-order valence-electron chi connectivity index (χ3n) is 4.17. The number of hydrogen-bond donors (Lipinski definition) is 1. The molecular formula is C20H23NO5S. The monoisotopic (exact) mass is 389 g/mol. The van der Waals surface area contributed by atoms with Crippen LogP contribution in [0.15, 0.2) is 53.4 Å². The van der Waals surface area contributed by atoms with E-state index in [2.05, 4.69) is 5.32 Å². The maximum absolute atomic E-state index is 12.2. The van der Waals surface area contributed by atoms with Gasteiger partial charge in [0.05, 0.1) is 10.5 Å². The van der Waals surface area contributed by atoms with Gasteiger partial charge in [0, 0.05) is 12.8 Å². The summed E-state index contributed by atoms with van der Waals surface area (Å²) in [6.07, 6.45) is 1.06. The molecule has 144 valence electrons. The average Bonchev–Trinajstić information content (AvgIpc) is 2.64. The largest absolute Gasteiger partial charge is 0.452 e. The number of nitrogens with one attached hydrogen (secondary N) is 1. The minimum atomic E-state index is -3.44.